The topological polar surface area (TPSA) is 72.6 Å². The molecule has 6 heteroatoms. The fraction of sp³-hybridized carbons (Fsp3) is 0.562. The van der Waals surface area contributed by atoms with Crippen molar-refractivity contribution in [2.24, 2.45) is 5.14 Å². The molecule has 0 spiro atoms. The second kappa shape index (κ2) is 6.79. The van der Waals surface area contributed by atoms with Gasteiger partial charge in [-0.15, -0.1) is 0 Å². The maximum Gasteiger partial charge on any atom is 0.410 e. The van der Waals surface area contributed by atoms with Crippen molar-refractivity contribution in [2.45, 2.75) is 56.6 Å². The number of ether oxygens (including phenoxy) is 1. The van der Waals surface area contributed by atoms with E-state index in [-0.39, 0.29) is 12.1 Å². The minimum absolute atomic E-state index is 0.0490. The highest BCUT2D eigenvalue weighted by Gasteiger charge is 2.31. The molecule has 1 aliphatic heterocycles. The average Bonchev–Trinajstić information content (AvgIpc) is 2.45. The maximum atomic E-state index is 12.4. The Hall–Kier alpha value is -1.40. The number of hydrogen-bond donors (Lipinski definition) is 1. The first-order valence-corrected chi connectivity index (χ1v) is 8.75. The molecule has 2 N–H and O–H groups in total. The predicted octanol–water partition coefficient (Wildman–Crippen LogP) is 3.13. The fourth-order valence-electron chi connectivity index (χ4n) is 2.66. The summed E-state index contributed by atoms with van der Waals surface area (Å²) in [6, 6.07) is 7.29. The van der Waals surface area contributed by atoms with E-state index in [0.717, 1.165) is 24.8 Å². The Bertz CT molecular complexity index is 569. The first-order valence-electron chi connectivity index (χ1n) is 7.54. The number of nitrogens with zero attached hydrogens (tertiary/aromatic N) is 1. The van der Waals surface area contributed by atoms with Crippen molar-refractivity contribution in [2.75, 3.05) is 6.54 Å². The number of piperidine rings is 1. The first kappa shape index (κ1) is 17.0. The summed E-state index contributed by atoms with van der Waals surface area (Å²) in [7, 11) is -1.52. The second-order valence-electron chi connectivity index (χ2n) is 6.56. The highest BCUT2D eigenvalue weighted by Crippen LogP contribution is 2.32. The summed E-state index contributed by atoms with van der Waals surface area (Å²) in [6.45, 7) is 6.27. The molecule has 1 amide bonds. The Morgan fingerprint density at radius 1 is 1.36 bits per heavy atom. The van der Waals surface area contributed by atoms with Crippen LogP contribution < -0.4 is 5.14 Å². The Morgan fingerprint density at radius 2 is 2.09 bits per heavy atom. The van der Waals surface area contributed by atoms with Crippen LogP contribution in [0.4, 0.5) is 4.79 Å². The van der Waals surface area contributed by atoms with Crippen molar-refractivity contribution in [3.8, 4) is 0 Å². The zero-order valence-electron chi connectivity index (χ0n) is 13.4. The van der Waals surface area contributed by atoms with Gasteiger partial charge in [0.1, 0.15) is 16.6 Å². The van der Waals surface area contributed by atoms with Crippen molar-refractivity contribution < 1.29 is 13.7 Å². The molecule has 1 saturated heterocycles. The molecule has 0 aromatic heterocycles. The van der Waals surface area contributed by atoms with E-state index >= 15 is 0 Å². The summed E-state index contributed by atoms with van der Waals surface area (Å²) in [6.07, 6.45) is 2.61. The van der Waals surface area contributed by atoms with Gasteiger partial charge in [0.2, 0.25) is 0 Å². The van der Waals surface area contributed by atoms with Crippen LogP contribution in [0.25, 0.3) is 0 Å². The molecule has 0 aliphatic carbocycles. The van der Waals surface area contributed by atoms with E-state index in [0.29, 0.717) is 11.4 Å². The van der Waals surface area contributed by atoms with E-state index in [4.69, 9.17) is 9.88 Å². The summed E-state index contributed by atoms with van der Waals surface area (Å²) in [4.78, 5) is 14.8. The molecule has 1 heterocycles. The third-order valence-corrected chi connectivity index (χ3v) is 4.32. The van der Waals surface area contributed by atoms with Crippen LogP contribution >= 0.6 is 0 Å². The lowest BCUT2D eigenvalue weighted by molar-refractivity contribution is 0.00949. The summed E-state index contributed by atoms with van der Waals surface area (Å²) in [5.41, 5.74) is 0.446. The minimum Gasteiger partial charge on any atom is -0.444 e. The molecule has 122 valence electrons. The predicted molar refractivity (Wildman–Crippen MR) is 86.6 cm³/mol. The van der Waals surface area contributed by atoms with Crippen LogP contribution in [0.1, 0.15) is 51.6 Å². The van der Waals surface area contributed by atoms with Crippen molar-refractivity contribution in [3.05, 3.63) is 29.8 Å². The van der Waals surface area contributed by atoms with E-state index in [9.17, 15) is 9.00 Å². The smallest absolute Gasteiger partial charge is 0.410 e. The Balaban J connectivity index is 2.24. The number of likely N-dealkylation sites (tertiary alicyclic amines) is 1. The number of hydrogen-bond acceptors (Lipinski definition) is 3. The van der Waals surface area contributed by atoms with Gasteiger partial charge < -0.3 is 9.64 Å². The van der Waals surface area contributed by atoms with Crippen molar-refractivity contribution in [1.29, 1.82) is 0 Å². The van der Waals surface area contributed by atoms with Gasteiger partial charge in [0.25, 0.3) is 0 Å². The lowest BCUT2D eigenvalue weighted by Crippen LogP contribution is -2.41. The molecule has 0 saturated carbocycles. The van der Waals surface area contributed by atoms with E-state index in [1.165, 1.54) is 0 Å². The van der Waals surface area contributed by atoms with E-state index in [1.807, 2.05) is 39.0 Å². The molecule has 1 aliphatic rings. The van der Waals surface area contributed by atoms with Gasteiger partial charge in [-0.05, 0) is 57.7 Å². The first-order chi connectivity index (χ1) is 10.3. The molecular formula is C16H24N2O3S. The number of carbonyl (C=O) groups excluding carboxylic acids is 1. The standard InChI is InChI=1S/C16H24N2O3S/c1-16(2,3)21-15(19)18-10-5-4-9-14(18)12-7-6-8-13(11-12)22(17)20/h6-8,11,14H,4-5,9-10,17H2,1-3H3. The van der Waals surface area contributed by atoms with Gasteiger partial charge >= 0.3 is 6.09 Å². The molecule has 0 radical (unpaired) electrons. The van der Waals surface area contributed by atoms with E-state index in [1.54, 1.807) is 11.0 Å². The Kier molecular flexibility index (Phi) is 5.24. The number of rotatable bonds is 2. The van der Waals surface area contributed by atoms with Crippen molar-refractivity contribution in [1.82, 2.24) is 4.90 Å². The monoisotopic (exact) mass is 324 g/mol. The van der Waals surface area contributed by atoms with Gasteiger partial charge in [-0.2, -0.15) is 0 Å². The van der Waals surface area contributed by atoms with Gasteiger partial charge in [0, 0.05) is 6.54 Å². The highest BCUT2D eigenvalue weighted by molar-refractivity contribution is 7.82. The SMILES string of the molecule is CC(C)(C)OC(=O)N1CCCCC1c1cccc(S(N)=O)c1. The third kappa shape index (κ3) is 4.30. The summed E-state index contributed by atoms with van der Waals surface area (Å²) in [5.74, 6) is 0. The lowest BCUT2D eigenvalue weighted by Gasteiger charge is -2.37. The molecule has 2 unspecified atom stereocenters. The Labute approximate surface area is 134 Å². The van der Waals surface area contributed by atoms with Gasteiger partial charge in [0.15, 0.2) is 0 Å². The largest absolute Gasteiger partial charge is 0.444 e. The van der Waals surface area contributed by atoms with Crippen LogP contribution in [0.3, 0.4) is 0 Å². The number of benzene rings is 1. The zero-order chi connectivity index (χ0) is 16.3. The molecule has 2 atom stereocenters. The van der Waals surface area contributed by atoms with Crippen molar-refractivity contribution >= 4 is 17.1 Å². The number of carbonyl (C=O) groups is 1. The molecular weight excluding hydrogens is 300 g/mol. The van der Waals surface area contributed by atoms with Crippen LogP contribution in [0.15, 0.2) is 29.2 Å². The molecule has 1 fully saturated rings. The summed E-state index contributed by atoms with van der Waals surface area (Å²) in [5, 5.41) is 5.46. The lowest BCUT2D eigenvalue weighted by atomic mass is 9.96. The van der Waals surface area contributed by atoms with Crippen LogP contribution in [0.5, 0.6) is 0 Å². The molecule has 0 bridgehead atoms. The van der Waals surface area contributed by atoms with Gasteiger partial charge in [-0.1, -0.05) is 12.1 Å². The summed E-state index contributed by atoms with van der Waals surface area (Å²) >= 11 is 0. The minimum atomic E-state index is -1.52. The molecule has 1 aromatic rings. The van der Waals surface area contributed by atoms with Crippen LogP contribution in [0, 0.1) is 0 Å². The Morgan fingerprint density at radius 3 is 2.73 bits per heavy atom. The molecule has 1 aromatic carbocycles. The highest BCUT2D eigenvalue weighted by atomic mass is 32.2. The van der Waals surface area contributed by atoms with Crippen LogP contribution in [0.2, 0.25) is 0 Å². The molecule has 5 nitrogen and oxygen atoms in total. The average molecular weight is 324 g/mol. The second-order valence-corrected chi connectivity index (χ2v) is 7.62. The van der Waals surface area contributed by atoms with Gasteiger partial charge in [0.05, 0.1) is 10.9 Å². The number of nitrogens with two attached hydrogens (primary N) is 1. The maximum absolute atomic E-state index is 12.4. The zero-order valence-corrected chi connectivity index (χ0v) is 14.2. The van der Waals surface area contributed by atoms with E-state index < -0.39 is 16.6 Å². The normalized spacial score (nSPS) is 20.5. The summed E-state index contributed by atoms with van der Waals surface area (Å²) < 4.78 is 17.0. The van der Waals surface area contributed by atoms with Crippen LogP contribution in [-0.2, 0) is 15.7 Å². The molecule has 2 rings (SSSR count). The quantitative estimate of drug-likeness (QED) is 0.908. The molecule has 22 heavy (non-hydrogen) atoms. The van der Waals surface area contributed by atoms with Gasteiger partial charge in [-0.3, -0.25) is 0 Å². The number of amides is 1. The van der Waals surface area contributed by atoms with Crippen LogP contribution in [-0.4, -0.2) is 27.3 Å². The fourth-order valence-corrected chi connectivity index (χ4v) is 3.13. The third-order valence-electron chi connectivity index (χ3n) is 3.61. The van der Waals surface area contributed by atoms with Gasteiger partial charge in [-0.25, -0.2) is 14.1 Å². The van der Waals surface area contributed by atoms with Crippen molar-refractivity contribution in [3.63, 3.8) is 0 Å². The van der Waals surface area contributed by atoms with E-state index in [2.05, 4.69) is 0 Å².